The Morgan fingerprint density at radius 1 is 1.00 bits per heavy atom. The van der Waals surface area contributed by atoms with Gasteiger partial charge in [0.2, 0.25) is 0 Å². The Kier molecular flexibility index (Phi) is 5.47. The molecule has 0 aliphatic carbocycles. The Morgan fingerprint density at radius 3 is 2.15 bits per heavy atom. The highest BCUT2D eigenvalue weighted by atomic mass is 35.5. The first-order valence-corrected chi connectivity index (χ1v) is 7.59. The number of rotatable bonds is 5. The van der Waals surface area contributed by atoms with E-state index in [0.29, 0.717) is 10.0 Å². The summed E-state index contributed by atoms with van der Waals surface area (Å²) in [7, 11) is 0. The number of hydrogen-bond donors (Lipinski definition) is 1. The van der Waals surface area contributed by atoms with Gasteiger partial charge in [-0.1, -0.05) is 60.0 Å². The van der Waals surface area contributed by atoms with Crippen molar-refractivity contribution in [2.24, 2.45) is 0 Å². The lowest BCUT2D eigenvalue weighted by Gasteiger charge is -2.19. The maximum atomic E-state index is 6.11. The number of likely N-dealkylation sites (N-methyl/N-ethyl adjacent to an activating group) is 1. The first-order valence-electron chi connectivity index (χ1n) is 6.83. The second-order valence-corrected chi connectivity index (χ2v) is 5.88. The fourth-order valence-corrected chi connectivity index (χ4v) is 2.83. The van der Waals surface area contributed by atoms with E-state index >= 15 is 0 Å². The first-order chi connectivity index (χ1) is 9.58. The van der Waals surface area contributed by atoms with E-state index in [1.807, 2.05) is 12.1 Å². The minimum atomic E-state index is 0.221. The van der Waals surface area contributed by atoms with Crippen molar-refractivity contribution >= 4 is 23.2 Å². The number of halogens is 2. The summed E-state index contributed by atoms with van der Waals surface area (Å²) in [5.41, 5.74) is 3.71. The average Bonchev–Trinajstić information content (AvgIpc) is 2.39. The molecule has 1 unspecified atom stereocenters. The largest absolute Gasteiger partial charge is 0.310 e. The van der Waals surface area contributed by atoms with Crippen LogP contribution in [0.3, 0.4) is 0 Å². The van der Waals surface area contributed by atoms with Crippen LogP contribution < -0.4 is 5.32 Å². The summed E-state index contributed by atoms with van der Waals surface area (Å²) < 4.78 is 0. The second-order valence-electron chi connectivity index (χ2n) is 5.00. The van der Waals surface area contributed by atoms with Gasteiger partial charge in [-0.15, -0.1) is 0 Å². The van der Waals surface area contributed by atoms with Crippen molar-refractivity contribution in [3.05, 3.63) is 69.2 Å². The van der Waals surface area contributed by atoms with Gasteiger partial charge >= 0.3 is 0 Å². The van der Waals surface area contributed by atoms with Crippen LogP contribution in [0.2, 0.25) is 10.0 Å². The molecular formula is C17H19Cl2N. The molecule has 0 heterocycles. The van der Waals surface area contributed by atoms with Gasteiger partial charge in [-0.2, -0.15) is 0 Å². The quantitative estimate of drug-likeness (QED) is 0.801. The SMILES string of the molecule is CCNC(Cc1ccc(C)cc1)c1cc(Cl)cc(Cl)c1. The Labute approximate surface area is 130 Å². The molecule has 1 nitrogen and oxygen atoms in total. The Bertz CT molecular complexity index is 543. The number of nitrogens with one attached hydrogen (secondary N) is 1. The summed E-state index contributed by atoms with van der Waals surface area (Å²) in [6.07, 6.45) is 0.921. The molecule has 0 saturated carbocycles. The topological polar surface area (TPSA) is 12.0 Å². The van der Waals surface area contributed by atoms with E-state index in [2.05, 4.69) is 43.4 Å². The summed E-state index contributed by atoms with van der Waals surface area (Å²) in [6.45, 7) is 5.11. The molecule has 0 aromatic heterocycles. The van der Waals surface area contributed by atoms with E-state index in [1.165, 1.54) is 11.1 Å². The van der Waals surface area contributed by atoms with Crippen molar-refractivity contribution in [3.63, 3.8) is 0 Å². The molecule has 106 valence electrons. The highest BCUT2D eigenvalue weighted by Crippen LogP contribution is 2.26. The van der Waals surface area contributed by atoms with E-state index in [-0.39, 0.29) is 6.04 Å². The van der Waals surface area contributed by atoms with Crippen molar-refractivity contribution in [2.45, 2.75) is 26.3 Å². The zero-order valence-corrected chi connectivity index (χ0v) is 13.3. The minimum Gasteiger partial charge on any atom is -0.310 e. The van der Waals surface area contributed by atoms with Crippen molar-refractivity contribution < 1.29 is 0 Å². The molecule has 0 amide bonds. The highest BCUT2D eigenvalue weighted by molar-refractivity contribution is 6.34. The van der Waals surface area contributed by atoms with Gasteiger partial charge in [0.15, 0.2) is 0 Å². The van der Waals surface area contributed by atoms with Gasteiger partial charge in [0.25, 0.3) is 0 Å². The molecule has 0 radical (unpaired) electrons. The van der Waals surface area contributed by atoms with Crippen LogP contribution in [0.5, 0.6) is 0 Å². The predicted octanol–water partition coefficient (Wildman–Crippen LogP) is 5.20. The molecule has 3 heteroatoms. The summed E-state index contributed by atoms with van der Waals surface area (Å²) in [4.78, 5) is 0. The van der Waals surface area contributed by atoms with Gasteiger partial charge in [0.05, 0.1) is 0 Å². The van der Waals surface area contributed by atoms with Crippen LogP contribution in [0.15, 0.2) is 42.5 Å². The van der Waals surface area contributed by atoms with Crippen molar-refractivity contribution in [1.82, 2.24) is 5.32 Å². The molecule has 0 fully saturated rings. The lowest BCUT2D eigenvalue weighted by Crippen LogP contribution is -2.23. The molecule has 0 bridgehead atoms. The van der Waals surface area contributed by atoms with Gasteiger partial charge in [-0.05, 0) is 49.2 Å². The zero-order valence-electron chi connectivity index (χ0n) is 11.8. The predicted molar refractivity (Wildman–Crippen MR) is 87.8 cm³/mol. The molecule has 2 aromatic carbocycles. The van der Waals surface area contributed by atoms with Gasteiger partial charge in [0, 0.05) is 16.1 Å². The van der Waals surface area contributed by atoms with Crippen LogP contribution in [0, 0.1) is 6.92 Å². The second kappa shape index (κ2) is 7.12. The number of hydrogen-bond acceptors (Lipinski definition) is 1. The smallest absolute Gasteiger partial charge is 0.0424 e. The molecule has 0 spiro atoms. The molecule has 0 aliphatic heterocycles. The molecule has 1 atom stereocenters. The zero-order chi connectivity index (χ0) is 14.5. The molecule has 0 aliphatic rings. The van der Waals surface area contributed by atoms with Crippen LogP contribution in [-0.2, 0) is 6.42 Å². The Morgan fingerprint density at radius 2 is 1.60 bits per heavy atom. The van der Waals surface area contributed by atoms with Crippen LogP contribution in [0.1, 0.15) is 29.7 Å². The third-order valence-corrected chi connectivity index (χ3v) is 3.73. The fraction of sp³-hybridized carbons (Fsp3) is 0.294. The van der Waals surface area contributed by atoms with Crippen LogP contribution in [0.25, 0.3) is 0 Å². The molecular weight excluding hydrogens is 289 g/mol. The maximum absolute atomic E-state index is 6.11. The number of aryl methyl sites for hydroxylation is 1. The van der Waals surface area contributed by atoms with Crippen LogP contribution in [0.4, 0.5) is 0 Å². The fourth-order valence-electron chi connectivity index (χ4n) is 2.29. The van der Waals surface area contributed by atoms with Crippen molar-refractivity contribution in [1.29, 1.82) is 0 Å². The van der Waals surface area contributed by atoms with Crippen LogP contribution >= 0.6 is 23.2 Å². The highest BCUT2D eigenvalue weighted by Gasteiger charge is 2.12. The van der Waals surface area contributed by atoms with Gasteiger partial charge < -0.3 is 5.32 Å². The van der Waals surface area contributed by atoms with Gasteiger partial charge in [0.1, 0.15) is 0 Å². The third-order valence-electron chi connectivity index (χ3n) is 3.30. The average molecular weight is 308 g/mol. The van der Waals surface area contributed by atoms with Crippen molar-refractivity contribution in [2.75, 3.05) is 6.54 Å². The van der Waals surface area contributed by atoms with E-state index in [1.54, 1.807) is 6.07 Å². The third kappa shape index (κ3) is 4.24. The Hall–Kier alpha value is -1.02. The monoisotopic (exact) mass is 307 g/mol. The molecule has 1 N–H and O–H groups in total. The van der Waals surface area contributed by atoms with E-state index in [4.69, 9.17) is 23.2 Å². The normalized spacial score (nSPS) is 12.4. The summed E-state index contributed by atoms with van der Waals surface area (Å²) in [5.74, 6) is 0. The van der Waals surface area contributed by atoms with Gasteiger partial charge in [-0.3, -0.25) is 0 Å². The first kappa shape index (κ1) is 15.4. The summed E-state index contributed by atoms with van der Waals surface area (Å²) in [6, 6.07) is 14.6. The van der Waals surface area contributed by atoms with E-state index in [9.17, 15) is 0 Å². The van der Waals surface area contributed by atoms with Crippen molar-refractivity contribution in [3.8, 4) is 0 Å². The minimum absolute atomic E-state index is 0.221. The standard InChI is InChI=1S/C17H19Cl2N/c1-3-20-17(8-13-6-4-12(2)5-7-13)14-9-15(18)11-16(19)10-14/h4-7,9-11,17,20H,3,8H2,1-2H3. The van der Waals surface area contributed by atoms with Crippen LogP contribution in [-0.4, -0.2) is 6.54 Å². The molecule has 2 rings (SSSR count). The molecule has 0 saturated heterocycles. The molecule has 2 aromatic rings. The Balaban J connectivity index is 2.23. The van der Waals surface area contributed by atoms with E-state index in [0.717, 1.165) is 18.5 Å². The lowest BCUT2D eigenvalue weighted by molar-refractivity contribution is 0.550. The van der Waals surface area contributed by atoms with Gasteiger partial charge in [-0.25, -0.2) is 0 Å². The number of benzene rings is 2. The maximum Gasteiger partial charge on any atom is 0.0424 e. The lowest BCUT2D eigenvalue weighted by atomic mass is 9.98. The van der Waals surface area contributed by atoms with E-state index < -0.39 is 0 Å². The molecule has 20 heavy (non-hydrogen) atoms. The summed E-state index contributed by atoms with van der Waals surface area (Å²) in [5, 5.41) is 4.86. The summed E-state index contributed by atoms with van der Waals surface area (Å²) >= 11 is 12.2.